The first-order valence-electron chi connectivity index (χ1n) is 7.72. The van der Waals surface area contributed by atoms with Crippen molar-refractivity contribution in [3.8, 4) is 11.5 Å². The van der Waals surface area contributed by atoms with Crippen molar-refractivity contribution in [2.45, 2.75) is 6.23 Å². The summed E-state index contributed by atoms with van der Waals surface area (Å²) in [6.45, 7) is 0. The first-order valence-corrected chi connectivity index (χ1v) is 7.72. The van der Waals surface area contributed by atoms with Crippen LogP contribution in [-0.4, -0.2) is 21.6 Å². The number of ether oxygens (including phenoxy) is 1. The Morgan fingerprint density at radius 1 is 1.00 bits per heavy atom. The van der Waals surface area contributed by atoms with E-state index < -0.39 is 6.23 Å². The fourth-order valence-electron chi connectivity index (χ4n) is 3.40. The van der Waals surface area contributed by atoms with Crippen molar-refractivity contribution in [2.24, 2.45) is 0 Å². The van der Waals surface area contributed by atoms with Crippen LogP contribution in [0.1, 0.15) is 11.8 Å². The Labute approximate surface area is 137 Å². The molecule has 0 aliphatic carbocycles. The molecule has 0 spiro atoms. The van der Waals surface area contributed by atoms with Crippen LogP contribution in [0.3, 0.4) is 0 Å². The van der Waals surface area contributed by atoms with Gasteiger partial charge in [-0.05, 0) is 24.3 Å². The summed E-state index contributed by atoms with van der Waals surface area (Å²) in [5.41, 5.74) is 3.03. The predicted molar refractivity (Wildman–Crippen MR) is 91.9 cm³/mol. The standard InChI is InChI=1S/C19H13N3O2/c1-24-19-13-10-11-6-2-4-8-14(11)20-16(13)17-21-15-9-5-3-7-12(15)18(23)22(17)19/h2-10,19H,1H3. The van der Waals surface area contributed by atoms with E-state index in [0.717, 1.165) is 16.5 Å². The summed E-state index contributed by atoms with van der Waals surface area (Å²) in [5.74, 6) is 0.561. The van der Waals surface area contributed by atoms with Gasteiger partial charge < -0.3 is 4.74 Å². The average molecular weight is 315 g/mol. The molecular weight excluding hydrogens is 302 g/mol. The Kier molecular flexibility index (Phi) is 2.64. The van der Waals surface area contributed by atoms with Gasteiger partial charge in [-0.15, -0.1) is 0 Å². The molecular formula is C19H13N3O2. The fourth-order valence-corrected chi connectivity index (χ4v) is 3.40. The quantitative estimate of drug-likeness (QED) is 0.541. The molecule has 0 fully saturated rings. The summed E-state index contributed by atoms with van der Waals surface area (Å²) in [6.07, 6.45) is -0.503. The highest BCUT2D eigenvalue weighted by Gasteiger charge is 2.33. The number of aromatic nitrogens is 3. The third-order valence-electron chi connectivity index (χ3n) is 4.50. The molecule has 4 aromatic rings. The first kappa shape index (κ1) is 13.4. The van der Waals surface area contributed by atoms with E-state index in [4.69, 9.17) is 9.72 Å². The summed E-state index contributed by atoms with van der Waals surface area (Å²) < 4.78 is 7.22. The lowest BCUT2D eigenvalue weighted by Gasteiger charge is -2.13. The van der Waals surface area contributed by atoms with E-state index in [1.807, 2.05) is 48.5 Å². The second-order valence-corrected chi connectivity index (χ2v) is 5.83. The van der Waals surface area contributed by atoms with Gasteiger partial charge in [0.25, 0.3) is 5.56 Å². The number of methoxy groups -OCH3 is 1. The molecule has 116 valence electrons. The zero-order valence-electron chi connectivity index (χ0n) is 12.9. The molecule has 0 radical (unpaired) electrons. The van der Waals surface area contributed by atoms with E-state index >= 15 is 0 Å². The summed E-state index contributed by atoms with van der Waals surface area (Å²) in [4.78, 5) is 22.4. The Bertz CT molecular complexity index is 1180. The third kappa shape index (κ3) is 1.64. The second-order valence-electron chi connectivity index (χ2n) is 5.83. The van der Waals surface area contributed by atoms with E-state index in [-0.39, 0.29) is 5.56 Å². The Hall–Kier alpha value is -3.05. The maximum absolute atomic E-state index is 13.0. The van der Waals surface area contributed by atoms with Gasteiger partial charge in [-0.3, -0.25) is 9.36 Å². The molecule has 3 heterocycles. The predicted octanol–water partition coefficient (Wildman–Crippen LogP) is 3.12. The number of para-hydroxylation sites is 2. The molecule has 1 atom stereocenters. The number of benzene rings is 2. The van der Waals surface area contributed by atoms with Crippen molar-refractivity contribution < 1.29 is 4.74 Å². The molecule has 24 heavy (non-hydrogen) atoms. The molecule has 5 rings (SSSR count). The highest BCUT2D eigenvalue weighted by Crippen LogP contribution is 2.38. The lowest BCUT2D eigenvalue weighted by Crippen LogP contribution is -2.25. The van der Waals surface area contributed by atoms with Gasteiger partial charge in [0.15, 0.2) is 12.1 Å². The maximum Gasteiger partial charge on any atom is 0.264 e. The number of hydrogen-bond acceptors (Lipinski definition) is 4. The fraction of sp³-hybridized carbons (Fsp3) is 0.105. The molecule has 1 aliphatic rings. The summed E-state index contributed by atoms with van der Waals surface area (Å²) in [5, 5.41) is 1.60. The van der Waals surface area contributed by atoms with E-state index in [2.05, 4.69) is 4.98 Å². The largest absolute Gasteiger partial charge is 0.357 e. The van der Waals surface area contributed by atoms with E-state index in [1.165, 1.54) is 0 Å². The van der Waals surface area contributed by atoms with Gasteiger partial charge in [0.2, 0.25) is 0 Å². The highest BCUT2D eigenvalue weighted by atomic mass is 16.5. The Morgan fingerprint density at radius 3 is 2.58 bits per heavy atom. The first-order chi connectivity index (χ1) is 11.8. The van der Waals surface area contributed by atoms with E-state index in [0.29, 0.717) is 22.4 Å². The number of pyridine rings is 1. The minimum Gasteiger partial charge on any atom is -0.357 e. The lowest BCUT2D eigenvalue weighted by atomic mass is 10.1. The maximum atomic E-state index is 13.0. The van der Waals surface area contributed by atoms with Gasteiger partial charge in [-0.2, -0.15) is 0 Å². The van der Waals surface area contributed by atoms with Crippen molar-refractivity contribution in [1.82, 2.24) is 14.5 Å². The van der Waals surface area contributed by atoms with E-state index in [9.17, 15) is 4.79 Å². The minimum absolute atomic E-state index is 0.107. The van der Waals surface area contributed by atoms with Crippen molar-refractivity contribution in [3.63, 3.8) is 0 Å². The molecule has 5 heteroatoms. The molecule has 0 N–H and O–H groups in total. The van der Waals surface area contributed by atoms with E-state index in [1.54, 1.807) is 17.7 Å². The van der Waals surface area contributed by atoms with Crippen LogP contribution in [0.15, 0.2) is 59.4 Å². The van der Waals surface area contributed by atoms with Crippen molar-refractivity contribution in [3.05, 3.63) is 70.5 Å². The summed E-state index contributed by atoms with van der Waals surface area (Å²) in [7, 11) is 1.60. The van der Waals surface area contributed by atoms with Crippen LogP contribution in [0, 0.1) is 0 Å². The smallest absolute Gasteiger partial charge is 0.264 e. The van der Waals surface area contributed by atoms with Crippen molar-refractivity contribution >= 4 is 21.8 Å². The highest BCUT2D eigenvalue weighted by molar-refractivity contribution is 5.85. The normalized spacial score (nSPS) is 15.6. The number of hydrogen-bond donors (Lipinski definition) is 0. The van der Waals surface area contributed by atoms with Crippen molar-refractivity contribution in [1.29, 1.82) is 0 Å². The van der Waals surface area contributed by atoms with Gasteiger partial charge in [0, 0.05) is 18.1 Å². The second kappa shape index (κ2) is 4.72. The summed E-state index contributed by atoms with van der Waals surface area (Å²) in [6, 6.07) is 17.3. The van der Waals surface area contributed by atoms with Crippen molar-refractivity contribution in [2.75, 3.05) is 7.11 Å². The molecule has 2 aromatic carbocycles. The van der Waals surface area contributed by atoms with Gasteiger partial charge >= 0.3 is 0 Å². The van der Waals surface area contributed by atoms with Gasteiger partial charge in [-0.25, -0.2) is 9.97 Å². The molecule has 1 aliphatic heterocycles. The van der Waals surface area contributed by atoms with Gasteiger partial charge in [0.05, 0.1) is 16.4 Å². The summed E-state index contributed by atoms with van der Waals surface area (Å²) >= 11 is 0. The number of fused-ring (bicyclic) bond motifs is 5. The van der Waals surface area contributed by atoms with Crippen LogP contribution in [0.25, 0.3) is 33.3 Å². The number of nitrogens with zero attached hydrogens (tertiary/aromatic N) is 3. The molecule has 5 nitrogen and oxygen atoms in total. The molecule has 1 unspecified atom stereocenters. The zero-order valence-corrected chi connectivity index (χ0v) is 12.9. The Balaban J connectivity index is 1.93. The van der Waals surface area contributed by atoms with Gasteiger partial charge in [0.1, 0.15) is 5.69 Å². The van der Waals surface area contributed by atoms with Crippen LogP contribution in [0.4, 0.5) is 0 Å². The lowest BCUT2D eigenvalue weighted by molar-refractivity contribution is 0.0824. The molecule has 0 saturated carbocycles. The zero-order chi connectivity index (χ0) is 16.3. The topological polar surface area (TPSA) is 57.0 Å². The average Bonchev–Trinajstić information content (AvgIpc) is 2.93. The SMILES string of the molecule is COC1c2cc3ccccc3nc2-c2nc3ccccc3c(=O)n21. The van der Waals surface area contributed by atoms with Crippen LogP contribution in [0.5, 0.6) is 0 Å². The Morgan fingerprint density at radius 2 is 1.75 bits per heavy atom. The molecule has 0 bridgehead atoms. The van der Waals surface area contributed by atoms with Crippen LogP contribution in [0.2, 0.25) is 0 Å². The molecule has 0 amide bonds. The van der Waals surface area contributed by atoms with Crippen LogP contribution >= 0.6 is 0 Å². The minimum atomic E-state index is -0.503. The number of rotatable bonds is 1. The molecule has 0 saturated heterocycles. The third-order valence-corrected chi connectivity index (χ3v) is 4.50. The van der Waals surface area contributed by atoms with Crippen LogP contribution < -0.4 is 5.56 Å². The van der Waals surface area contributed by atoms with Gasteiger partial charge in [-0.1, -0.05) is 30.3 Å². The molecule has 2 aromatic heterocycles. The van der Waals surface area contributed by atoms with Crippen LogP contribution in [-0.2, 0) is 4.74 Å². The monoisotopic (exact) mass is 315 g/mol.